The zero-order valence-electron chi connectivity index (χ0n) is 47.2. The van der Waals surface area contributed by atoms with Crippen molar-refractivity contribution in [3.05, 3.63) is 335 Å². The molecule has 5 aliphatic carbocycles. The summed E-state index contributed by atoms with van der Waals surface area (Å²) in [5, 5.41) is 6.72. The molecule has 3 nitrogen and oxygen atoms in total. The van der Waals surface area contributed by atoms with E-state index in [4.69, 9.17) is 14.4 Å². The number of aromatic nitrogens is 2. The highest BCUT2D eigenvalue weighted by atomic mass is 16.3. The van der Waals surface area contributed by atoms with Crippen molar-refractivity contribution in [2.45, 2.75) is 17.3 Å². The highest BCUT2D eigenvalue weighted by molar-refractivity contribution is 6.24. The maximum atomic E-state index is 6.25. The van der Waals surface area contributed by atoms with E-state index in [1.165, 1.54) is 100 Å². The molecule has 13 aromatic carbocycles. The van der Waals surface area contributed by atoms with Crippen molar-refractivity contribution in [2.75, 3.05) is 0 Å². The van der Waals surface area contributed by atoms with Crippen LogP contribution in [0.25, 0.3) is 133 Å². The van der Waals surface area contributed by atoms with Crippen molar-refractivity contribution >= 4 is 65.7 Å². The molecule has 3 heteroatoms. The lowest BCUT2D eigenvalue weighted by Crippen LogP contribution is -2.33. The van der Waals surface area contributed by atoms with Crippen molar-refractivity contribution in [3.8, 4) is 66.9 Å². The molecule has 20 rings (SSSR count). The minimum Gasteiger partial charge on any atom is -0.456 e. The number of hydrogen-bond donors (Lipinski definition) is 0. The highest BCUT2D eigenvalue weighted by Gasteiger charge is 2.57. The van der Waals surface area contributed by atoms with Crippen molar-refractivity contribution < 1.29 is 4.42 Å². The van der Waals surface area contributed by atoms with Gasteiger partial charge in [0.1, 0.15) is 11.2 Å². The van der Waals surface area contributed by atoms with Crippen LogP contribution in [0.15, 0.2) is 290 Å². The molecule has 0 radical (unpaired) electrons. The summed E-state index contributed by atoms with van der Waals surface area (Å²) in [5.41, 5.74) is 32.0. The highest BCUT2D eigenvalue weighted by Crippen LogP contribution is 2.67. The van der Waals surface area contributed by atoms with Gasteiger partial charge in [0.25, 0.3) is 0 Å². The molecule has 402 valence electrons. The molecular weight excluding hydrogens is 1050 g/mol. The predicted molar refractivity (Wildman–Crippen MR) is 357 cm³/mol. The van der Waals surface area contributed by atoms with Gasteiger partial charge in [-0.3, -0.25) is 4.98 Å². The number of hydrogen-bond acceptors (Lipinski definition) is 3. The number of fused-ring (bicyclic) bond motifs is 29. The molecule has 1 unspecified atom stereocenters. The average Bonchev–Trinajstić information content (AvgIpc) is 1.55. The molecule has 0 bridgehead atoms. The summed E-state index contributed by atoms with van der Waals surface area (Å²) in [6, 6.07) is 99.6. The number of rotatable bonds is 4. The van der Waals surface area contributed by atoms with E-state index < -0.39 is 5.41 Å². The Labute approximate surface area is 502 Å². The molecule has 87 heavy (non-hydrogen) atoms. The predicted octanol–water partition coefficient (Wildman–Crippen LogP) is 21.0. The van der Waals surface area contributed by atoms with E-state index in [0.717, 1.165) is 88.9 Å². The summed E-state index contributed by atoms with van der Waals surface area (Å²) in [4.78, 5) is 11.3. The molecule has 2 heterocycles. The fourth-order valence-corrected chi connectivity index (χ4v) is 17.1. The lowest BCUT2D eigenvalue weighted by molar-refractivity contribution is 0.500. The van der Waals surface area contributed by atoms with Crippen LogP contribution in [0.3, 0.4) is 0 Å². The third-order valence-corrected chi connectivity index (χ3v) is 20.6. The number of furan rings is 1. The fourth-order valence-electron chi connectivity index (χ4n) is 17.1. The van der Waals surface area contributed by atoms with E-state index in [0.29, 0.717) is 0 Å². The normalized spacial score (nSPS) is 15.7. The van der Waals surface area contributed by atoms with Crippen LogP contribution in [0.1, 0.15) is 56.5 Å². The van der Waals surface area contributed by atoms with Gasteiger partial charge in [0, 0.05) is 33.0 Å². The maximum absolute atomic E-state index is 6.25. The standard InChI is InChI=1S/C84H50N2O/c1-8-25-70-58(18-1)59-19-2-9-26-71(59)83(70)74-29-12-5-22-62(74)64-39-34-53(46-76(64)83)50-32-37-56-57-38-33-51(54-35-40-65-63-23-6-13-30-75(63)84(77(65)47-54)72-27-10-3-20-60(72)61-21-4-11-28-73(61)84)45-69(57)82-81(68(56)44-50)85-48-78(86-82)55-17-15-16-49(42-55)52-36-41-80-67(43-52)66-24-7-14-31-79(66)87-80/h1-45,47-48,76H,46H2. The molecule has 0 saturated carbocycles. The van der Waals surface area contributed by atoms with Gasteiger partial charge >= 0.3 is 0 Å². The van der Waals surface area contributed by atoms with Crippen molar-refractivity contribution in [3.63, 3.8) is 0 Å². The first-order valence-corrected chi connectivity index (χ1v) is 30.4. The van der Waals surface area contributed by atoms with Crippen molar-refractivity contribution in [1.82, 2.24) is 9.97 Å². The van der Waals surface area contributed by atoms with E-state index in [9.17, 15) is 0 Å². The Kier molecular flexibility index (Phi) is 9.43. The second-order valence-corrected chi connectivity index (χ2v) is 24.5. The van der Waals surface area contributed by atoms with Crippen LogP contribution in [0.5, 0.6) is 0 Å². The first-order valence-electron chi connectivity index (χ1n) is 30.4. The molecule has 0 amide bonds. The zero-order valence-corrected chi connectivity index (χ0v) is 47.2. The van der Waals surface area contributed by atoms with Crippen LogP contribution in [0.2, 0.25) is 0 Å². The number of nitrogens with zero attached hydrogens (tertiary/aromatic N) is 2. The minimum absolute atomic E-state index is 0.211. The molecule has 0 N–H and O–H groups in total. The van der Waals surface area contributed by atoms with Gasteiger partial charge in [-0.05, 0) is 177 Å². The molecule has 1 atom stereocenters. The van der Waals surface area contributed by atoms with Crippen LogP contribution < -0.4 is 0 Å². The second-order valence-electron chi connectivity index (χ2n) is 24.5. The Hall–Kier alpha value is -11.0. The van der Waals surface area contributed by atoms with Gasteiger partial charge in [-0.1, -0.05) is 237 Å². The molecule has 0 aliphatic heterocycles. The minimum atomic E-state index is -0.445. The third kappa shape index (κ3) is 6.19. The van der Waals surface area contributed by atoms with E-state index in [1.54, 1.807) is 0 Å². The Morgan fingerprint density at radius 3 is 1.49 bits per heavy atom. The summed E-state index contributed by atoms with van der Waals surface area (Å²) < 4.78 is 6.25. The first-order chi connectivity index (χ1) is 43.1. The molecule has 0 fully saturated rings. The monoisotopic (exact) mass is 1100 g/mol. The summed E-state index contributed by atoms with van der Waals surface area (Å²) in [7, 11) is 0. The van der Waals surface area contributed by atoms with Gasteiger partial charge < -0.3 is 4.42 Å². The van der Waals surface area contributed by atoms with Crippen LogP contribution in [-0.2, 0) is 10.8 Å². The Bertz CT molecular complexity index is 5540. The third-order valence-electron chi connectivity index (χ3n) is 20.6. The van der Waals surface area contributed by atoms with Crippen LogP contribution >= 0.6 is 0 Å². The topological polar surface area (TPSA) is 38.9 Å². The molecule has 2 aromatic heterocycles. The smallest absolute Gasteiger partial charge is 0.135 e. The van der Waals surface area contributed by atoms with Crippen molar-refractivity contribution in [1.29, 1.82) is 0 Å². The van der Waals surface area contributed by atoms with Gasteiger partial charge in [0.05, 0.1) is 33.8 Å². The summed E-state index contributed by atoms with van der Waals surface area (Å²) in [6.07, 6.45) is 7.72. The summed E-state index contributed by atoms with van der Waals surface area (Å²) in [5.74, 6) is 0.211. The van der Waals surface area contributed by atoms with Gasteiger partial charge in [0.2, 0.25) is 0 Å². The van der Waals surface area contributed by atoms with E-state index >= 15 is 0 Å². The molecule has 0 saturated heterocycles. The number of para-hydroxylation sites is 1. The van der Waals surface area contributed by atoms with Crippen LogP contribution in [-0.4, -0.2) is 9.97 Å². The number of benzene rings is 13. The maximum Gasteiger partial charge on any atom is 0.135 e. The SMILES string of the molecule is C1=C(c2ccc3c4ccc(-c5ccc6c(c5)C5(c7ccccc7-c7ccccc75)c5ccccc5-6)cc4c4nc(-c5cccc(-c6ccc7oc8ccccc8c7c6)c5)cnc4c3c2)CC2C(=C1)c1ccccc1C21c2ccccc2-c2ccccc21. The Morgan fingerprint density at radius 1 is 0.322 bits per heavy atom. The average molecular weight is 1100 g/mol. The van der Waals surface area contributed by atoms with Gasteiger partial charge in [-0.25, -0.2) is 4.98 Å². The second kappa shape index (κ2) is 17.3. The lowest BCUT2D eigenvalue weighted by Gasteiger charge is -2.37. The molecular formula is C84H50N2O. The van der Waals surface area contributed by atoms with E-state index in [-0.39, 0.29) is 11.3 Å². The van der Waals surface area contributed by atoms with Gasteiger partial charge in [-0.2, -0.15) is 0 Å². The summed E-state index contributed by atoms with van der Waals surface area (Å²) >= 11 is 0. The van der Waals surface area contributed by atoms with Gasteiger partial charge in [0.15, 0.2) is 0 Å². The quantitative estimate of drug-likeness (QED) is 0.165. The summed E-state index contributed by atoms with van der Waals surface area (Å²) in [6.45, 7) is 0. The van der Waals surface area contributed by atoms with E-state index in [2.05, 4.69) is 267 Å². The largest absolute Gasteiger partial charge is 0.456 e. The molecule has 5 aliphatic rings. The molecule has 2 spiro atoms. The van der Waals surface area contributed by atoms with Crippen LogP contribution in [0, 0.1) is 5.92 Å². The Balaban J connectivity index is 0.769. The van der Waals surface area contributed by atoms with Crippen LogP contribution in [0.4, 0.5) is 0 Å². The zero-order chi connectivity index (χ0) is 56.7. The van der Waals surface area contributed by atoms with Crippen molar-refractivity contribution in [2.24, 2.45) is 5.92 Å². The van der Waals surface area contributed by atoms with E-state index in [1.807, 2.05) is 18.3 Å². The molecule has 15 aromatic rings. The van der Waals surface area contributed by atoms with Gasteiger partial charge in [-0.15, -0.1) is 0 Å². The lowest BCUT2D eigenvalue weighted by atomic mass is 9.64. The Morgan fingerprint density at radius 2 is 0.805 bits per heavy atom. The number of allylic oxidation sites excluding steroid dienone is 4. The fraction of sp³-hybridized carbons (Fsp3) is 0.0476. The first kappa shape index (κ1) is 47.4.